The summed E-state index contributed by atoms with van der Waals surface area (Å²) in [5, 5.41) is 13.6. The predicted octanol–water partition coefficient (Wildman–Crippen LogP) is 3.53. The van der Waals surface area contributed by atoms with Crippen LogP contribution in [0, 0.1) is 5.82 Å². The van der Waals surface area contributed by atoms with Gasteiger partial charge < -0.3 is 10.6 Å². The van der Waals surface area contributed by atoms with Crippen molar-refractivity contribution in [3.05, 3.63) is 83.3 Å². The van der Waals surface area contributed by atoms with Crippen LogP contribution in [-0.4, -0.2) is 28.4 Å². The Morgan fingerprint density at radius 1 is 0.964 bits per heavy atom. The van der Waals surface area contributed by atoms with Crippen LogP contribution < -0.4 is 10.6 Å². The van der Waals surface area contributed by atoms with Gasteiger partial charge in [-0.3, -0.25) is 9.59 Å². The van der Waals surface area contributed by atoms with Crippen molar-refractivity contribution >= 4 is 23.2 Å². The Morgan fingerprint density at radius 3 is 2.36 bits per heavy atom. The zero-order valence-electron chi connectivity index (χ0n) is 15.3. The van der Waals surface area contributed by atoms with Crippen molar-refractivity contribution in [2.24, 2.45) is 0 Å². The number of carbonyl (C=O) groups excluding carboxylic acids is 2. The average molecular weight is 378 g/mol. The molecule has 1 heterocycles. The Morgan fingerprint density at radius 2 is 1.71 bits per heavy atom. The number of nitrogens with zero attached hydrogens (tertiary/aromatic N) is 2. The van der Waals surface area contributed by atoms with E-state index in [1.165, 1.54) is 13.0 Å². The van der Waals surface area contributed by atoms with Crippen molar-refractivity contribution in [2.45, 2.75) is 13.3 Å². The molecule has 0 fully saturated rings. The number of benzene rings is 2. The zero-order valence-corrected chi connectivity index (χ0v) is 15.3. The Kier molecular flexibility index (Phi) is 6.06. The molecule has 2 aromatic carbocycles. The number of amides is 1. The maximum atomic E-state index is 13.6. The molecule has 1 aromatic heterocycles. The summed E-state index contributed by atoms with van der Waals surface area (Å²) in [5.74, 6) is -0.195. The summed E-state index contributed by atoms with van der Waals surface area (Å²) in [5.41, 5.74) is 2.09. The maximum Gasteiger partial charge on any atom is 0.271 e. The summed E-state index contributed by atoms with van der Waals surface area (Å²) in [7, 11) is 0. The summed E-state index contributed by atoms with van der Waals surface area (Å²) in [4.78, 5) is 23.4. The summed E-state index contributed by atoms with van der Waals surface area (Å²) < 4.78 is 13.6. The average Bonchev–Trinajstić information content (AvgIpc) is 2.70. The number of carbonyl (C=O) groups is 2. The van der Waals surface area contributed by atoms with Crippen LogP contribution in [-0.2, 0) is 6.42 Å². The van der Waals surface area contributed by atoms with Crippen LogP contribution in [0.4, 0.5) is 15.9 Å². The van der Waals surface area contributed by atoms with Gasteiger partial charge in [0.15, 0.2) is 17.3 Å². The van der Waals surface area contributed by atoms with Crippen LogP contribution in [0.3, 0.4) is 0 Å². The van der Waals surface area contributed by atoms with Gasteiger partial charge in [0.25, 0.3) is 5.91 Å². The lowest BCUT2D eigenvalue weighted by Gasteiger charge is -2.07. The monoisotopic (exact) mass is 378 g/mol. The fraction of sp³-hybridized carbons (Fsp3) is 0.143. The summed E-state index contributed by atoms with van der Waals surface area (Å²) >= 11 is 0. The van der Waals surface area contributed by atoms with Crippen molar-refractivity contribution in [1.29, 1.82) is 0 Å². The minimum absolute atomic E-state index is 0.00305. The fourth-order valence-corrected chi connectivity index (χ4v) is 2.56. The fourth-order valence-electron chi connectivity index (χ4n) is 2.56. The molecule has 28 heavy (non-hydrogen) atoms. The second kappa shape index (κ2) is 8.85. The third kappa shape index (κ3) is 4.97. The molecule has 1 amide bonds. The van der Waals surface area contributed by atoms with Gasteiger partial charge in [-0.25, -0.2) is 4.39 Å². The smallest absolute Gasteiger partial charge is 0.271 e. The Balaban J connectivity index is 1.53. The van der Waals surface area contributed by atoms with Crippen LogP contribution in [0.2, 0.25) is 0 Å². The van der Waals surface area contributed by atoms with Crippen LogP contribution in [0.25, 0.3) is 0 Å². The maximum absolute atomic E-state index is 13.6. The van der Waals surface area contributed by atoms with E-state index in [1.54, 1.807) is 54.6 Å². The van der Waals surface area contributed by atoms with Crippen molar-refractivity contribution in [2.75, 3.05) is 11.9 Å². The van der Waals surface area contributed by atoms with Gasteiger partial charge in [0.2, 0.25) is 0 Å². The first kappa shape index (κ1) is 19.2. The van der Waals surface area contributed by atoms with E-state index in [4.69, 9.17) is 0 Å². The lowest BCUT2D eigenvalue weighted by Crippen LogP contribution is -2.27. The molecule has 3 rings (SSSR count). The third-order valence-corrected chi connectivity index (χ3v) is 4.10. The number of anilines is 2. The number of hydrogen-bond acceptors (Lipinski definition) is 5. The lowest BCUT2D eigenvalue weighted by molar-refractivity contribution is 0.0947. The van der Waals surface area contributed by atoms with Crippen molar-refractivity contribution in [3.63, 3.8) is 0 Å². The van der Waals surface area contributed by atoms with E-state index in [0.29, 0.717) is 29.9 Å². The molecule has 7 heteroatoms. The molecular formula is C21H19FN4O2. The molecule has 142 valence electrons. The third-order valence-electron chi connectivity index (χ3n) is 4.10. The van der Waals surface area contributed by atoms with E-state index >= 15 is 0 Å². The highest BCUT2D eigenvalue weighted by Crippen LogP contribution is 2.15. The molecule has 0 aliphatic carbocycles. The number of ketones is 1. The van der Waals surface area contributed by atoms with Crippen molar-refractivity contribution in [3.8, 4) is 0 Å². The van der Waals surface area contributed by atoms with E-state index in [9.17, 15) is 14.0 Å². The number of aromatic nitrogens is 2. The lowest BCUT2D eigenvalue weighted by atomic mass is 10.1. The van der Waals surface area contributed by atoms with Crippen molar-refractivity contribution in [1.82, 2.24) is 15.5 Å². The van der Waals surface area contributed by atoms with Crippen LogP contribution in [0.5, 0.6) is 0 Å². The minimum atomic E-state index is -0.374. The number of rotatable bonds is 7. The van der Waals surface area contributed by atoms with E-state index < -0.39 is 0 Å². The second-order valence-electron chi connectivity index (χ2n) is 6.16. The van der Waals surface area contributed by atoms with Gasteiger partial charge in [0.05, 0.1) is 0 Å². The first-order valence-corrected chi connectivity index (χ1v) is 8.76. The Labute approximate surface area is 161 Å². The molecule has 3 aromatic rings. The van der Waals surface area contributed by atoms with Crippen LogP contribution >= 0.6 is 0 Å². The molecule has 0 spiro atoms. The van der Waals surface area contributed by atoms with Gasteiger partial charge in [-0.2, -0.15) is 0 Å². The van der Waals surface area contributed by atoms with Gasteiger partial charge in [-0.15, -0.1) is 10.2 Å². The minimum Gasteiger partial charge on any atom is -0.350 e. The molecule has 0 saturated heterocycles. The van der Waals surface area contributed by atoms with E-state index in [2.05, 4.69) is 20.8 Å². The number of Topliss-reactive ketones (excluding diaryl/α,β-unsaturated/α-hetero) is 1. The molecule has 0 saturated carbocycles. The highest BCUT2D eigenvalue weighted by molar-refractivity contribution is 5.94. The molecule has 0 unspecified atom stereocenters. The molecule has 0 radical (unpaired) electrons. The standard InChI is InChI=1S/C21H19FN4O2/c1-14(27)15-6-8-17(9-7-15)24-20-11-10-19(25-26-20)21(28)23-13-12-16-4-2-3-5-18(16)22/h2-11H,12-13H2,1H3,(H,23,28)(H,24,26). The molecular weight excluding hydrogens is 359 g/mol. The van der Waals surface area contributed by atoms with E-state index in [0.717, 1.165) is 5.69 Å². The van der Waals surface area contributed by atoms with Gasteiger partial charge >= 0.3 is 0 Å². The first-order valence-electron chi connectivity index (χ1n) is 8.76. The summed E-state index contributed by atoms with van der Waals surface area (Å²) in [6.45, 7) is 1.80. The topological polar surface area (TPSA) is 84.0 Å². The summed E-state index contributed by atoms with van der Waals surface area (Å²) in [6.07, 6.45) is 0.391. The second-order valence-corrected chi connectivity index (χ2v) is 6.16. The van der Waals surface area contributed by atoms with Crippen LogP contribution in [0.15, 0.2) is 60.7 Å². The van der Waals surface area contributed by atoms with E-state index in [1.807, 2.05) is 0 Å². The Bertz CT molecular complexity index is 972. The first-order chi connectivity index (χ1) is 13.5. The molecule has 0 aliphatic rings. The molecule has 2 N–H and O–H groups in total. The molecule has 6 nitrogen and oxygen atoms in total. The highest BCUT2D eigenvalue weighted by Gasteiger charge is 2.09. The van der Waals surface area contributed by atoms with Crippen LogP contribution in [0.1, 0.15) is 33.3 Å². The van der Waals surface area contributed by atoms with Gasteiger partial charge in [0.1, 0.15) is 5.82 Å². The SMILES string of the molecule is CC(=O)c1ccc(Nc2ccc(C(=O)NCCc3ccccc3F)nn2)cc1. The van der Waals surface area contributed by atoms with E-state index in [-0.39, 0.29) is 23.2 Å². The molecule has 0 bridgehead atoms. The van der Waals surface area contributed by atoms with Crippen molar-refractivity contribution < 1.29 is 14.0 Å². The van der Waals surface area contributed by atoms with Gasteiger partial charge in [-0.05, 0) is 61.4 Å². The van der Waals surface area contributed by atoms with Gasteiger partial charge in [-0.1, -0.05) is 18.2 Å². The highest BCUT2D eigenvalue weighted by atomic mass is 19.1. The van der Waals surface area contributed by atoms with Gasteiger partial charge in [0, 0.05) is 17.8 Å². The quantitative estimate of drug-likeness (QED) is 0.615. The summed E-state index contributed by atoms with van der Waals surface area (Å²) in [6, 6.07) is 16.6. The zero-order chi connectivity index (χ0) is 19.9. The number of hydrogen-bond donors (Lipinski definition) is 2. The largest absolute Gasteiger partial charge is 0.350 e. The normalized spacial score (nSPS) is 10.4. The molecule has 0 atom stereocenters. The molecule has 0 aliphatic heterocycles. The number of halogens is 1. The number of nitrogens with one attached hydrogen (secondary N) is 2. The predicted molar refractivity (Wildman–Crippen MR) is 104 cm³/mol. The Hall–Kier alpha value is -3.61.